The van der Waals surface area contributed by atoms with Crippen molar-refractivity contribution in [3.63, 3.8) is 0 Å². The molecule has 1 aliphatic rings. The van der Waals surface area contributed by atoms with E-state index in [1.807, 2.05) is 12.3 Å². The first-order valence-electron chi connectivity index (χ1n) is 8.34. The number of nitro groups is 1. The Morgan fingerprint density at radius 3 is 2.64 bits per heavy atom. The molecule has 0 spiro atoms. The van der Waals surface area contributed by atoms with Crippen LogP contribution >= 0.6 is 0 Å². The summed E-state index contributed by atoms with van der Waals surface area (Å²) in [5.41, 5.74) is 0.369. The van der Waals surface area contributed by atoms with Crippen LogP contribution in [0.2, 0.25) is 0 Å². The molecule has 0 saturated carbocycles. The minimum Gasteiger partial charge on any atom is -0.354 e. The Morgan fingerprint density at radius 2 is 2.04 bits per heavy atom. The van der Waals surface area contributed by atoms with Gasteiger partial charge < -0.3 is 10.6 Å². The summed E-state index contributed by atoms with van der Waals surface area (Å²) in [6.07, 6.45) is 5.53. The molecule has 0 atom stereocenters. The first-order chi connectivity index (χ1) is 12.1. The van der Waals surface area contributed by atoms with Gasteiger partial charge in [0.25, 0.3) is 5.69 Å². The maximum absolute atomic E-state index is 12.9. The van der Waals surface area contributed by atoms with Gasteiger partial charge in [-0.05, 0) is 44.0 Å². The molecule has 1 aromatic heterocycles. The lowest BCUT2D eigenvalue weighted by Crippen LogP contribution is -2.54. The standard InChI is InChI=1S/C17H21N5O3/c23-16(17(7-11-18-12-8-17)21-13-1-9-20-21)19-10-6-14-2-4-15(5-3-14)22(24)25/h1-5,9,13,18H,6-8,10-12H2,(H,19,23). The van der Waals surface area contributed by atoms with Crippen LogP contribution in [-0.4, -0.2) is 40.2 Å². The van der Waals surface area contributed by atoms with Gasteiger partial charge in [0.1, 0.15) is 5.54 Å². The van der Waals surface area contributed by atoms with Gasteiger partial charge >= 0.3 is 0 Å². The zero-order valence-electron chi connectivity index (χ0n) is 13.9. The summed E-state index contributed by atoms with van der Waals surface area (Å²) < 4.78 is 1.76. The Morgan fingerprint density at radius 1 is 1.32 bits per heavy atom. The molecule has 8 nitrogen and oxygen atoms in total. The second kappa shape index (κ2) is 7.43. The lowest BCUT2D eigenvalue weighted by Gasteiger charge is -2.36. The molecule has 0 unspecified atom stereocenters. The van der Waals surface area contributed by atoms with E-state index in [0.29, 0.717) is 25.8 Å². The summed E-state index contributed by atoms with van der Waals surface area (Å²) in [6, 6.07) is 8.23. The minimum absolute atomic E-state index is 0.0281. The van der Waals surface area contributed by atoms with E-state index < -0.39 is 10.5 Å². The molecule has 0 radical (unpaired) electrons. The van der Waals surface area contributed by atoms with E-state index in [4.69, 9.17) is 0 Å². The Kier molecular flexibility index (Phi) is 5.08. The zero-order valence-corrected chi connectivity index (χ0v) is 13.9. The quantitative estimate of drug-likeness (QED) is 0.607. The minimum atomic E-state index is -0.649. The average molecular weight is 343 g/mol. The molecule has 0 aliphatic carbocycles. The average Bonchev–Trinajstić information content (AvgIpc) is 3.18. The Labute approximate surface area is 145 Å². The van der Waals surface area contributed by atoms with Crippen LogP contribution in [0.15, 0.2) is 42.7 Å². The largest absolute Gasteiger partial charge is 0.354 e. The lowest BCUT2D eigenvalue weighted by molar-refractivity contribution is -0.384. The molecular formula is C17H21N5O3. The van der Waals surface area contributed by atoms with Crippen molar-refractivity contribution >= 4 is 11.6 Å². The van der Waals surface area contributed by atoms with Gasteiger partial charge in [0.05, 0.1) is 4.92 Å². The van der Waals surface area contributed by atoms with Crippen molar-refractivity contribution in [2.24, 2.45) is 0 Å². The van der Waals surface area contributed by atoms with Gasteiger partial charge in [0.2, 0.25) is 5.91 Å². The van der Waals surface area contributed by atoms with Crippen molar-refractivity contribution in [1.29, 1.82) is 0 Å². The maximum atomic E-state index is 12.9. The Bertz CT molecular complexity index is 721. The Balaban J connectivity index is 1.61. The summed E-state index contributed by atoms with van der Waals surface area (Å²) in [6.45, 7) is 2.03. The van der Waals surface area contributed by atoms with E-state index in [2.05, 4.69) is 15.7 Å². The van der Waals surface area contributed by atoms with E-state index >= 15 is 0 Å². The topological polar surface area (TPSA) is 102 Å². The lowest BCUT2D eigenvalue weighted by atomic mass is 9.87. The zero-order chi connectivity index (χ0) is 17.7. The fourth-order valence-corrected chi connectivity index (χ4v) is 3.19. The van der Waals surface area contributed by atoms with E-state index in [1.54, 1.807) is 23.0 Å². The number of hydrogen-bond donors (Lipinski definition) is 2. The number of nitrogens with zero attached hydrogens (tertiary/aromatic N) is 3. The monoisotopic (exact) mass is 343 g/mol. The van der Waals surface area contributed by atoms with Gasteiger partial charge in [-0.25, -0.2) is 0 Å². The van der Waals surface area contributed by atoms with Crippen LogP contribution in [-0.2, 0) is 16.8 Å². The van der Waals surface area contributed by atoms with Gasteiger partial charge in [-0.2, -0.15) is 5.10 Å². The van der Waals surface area contributed by atoms with E-state index in [1.165, 1.54) is 12.1 Å². The number of carbonyl (C=O) groups excluding carboxylic acids is 1. The summed E-state index contributed by atoms with van der Waals surface area (Å²) in [5, 5.41) is 21.2. The molecule has 1 aromatic carbocycles. The highest BCUT2D eigenvalue weighted by Gasteiger charge is 2.41. The van der Waals surface area contributed by atoms with E-state index in [9.17, 15) is 14.9 Å². The molecule has 0 bridgehead atoms. The molecule has 3 rings (SSSR count). The van der Waals surface area contributed by atoms with Gasteiger partial charge in [-0.15, -0.1) is 0 Å². The normalized spacial score (nSPS) is 16.3. The fraction of sp³-hybridized carbons (Fsp3) is 0.412. The highest BCUT2D eigenvalue weighted by Crippen LogP contribution is 2.27. The van der Waals surface area contributed by atoms with Crippen LogP contribution < -0.4 is 10.6 Å². The number of amides is 1. The van der Waals surface area contributed by atoms with E-state index in [-0.39, 0.29) is 11.6 Å². The molecule has 1 fully saturated rings. The predicted octanol–water partition coefficient (Wildman–Crippen LogP) is 1.23. The number of piperidine rings is 1. The third kappa shape index (κ3) is 3.69. The highest BCUT2D eigenvalue weighted by molar-refractivity contribution is 5.84. The molecule has 1 saturated heterocycles. The van der Waals surface area contributed by atoms with Gasteiger partial charge in [0, 0.05) is 31.1 Å². The molecule has 8 heteroatoms. The maximum Gasteiger partial charge on any atom is 0.269 e. The number of nitrogens with one attached hydrogen (secondary N) is 2. The summed E-state index contributed by atoms with van der Waals surface area (Å²) >= 11 is 0. The third-order valence-corrected chi connectivity index (χ3v) is 4.64. The van der Waals surface area contributed by atoms with Crippen molar-refractivity contribution in [1.82, 2.24) is 20.4 Å². The number of carbonyl (C=O) groups is 1. The van der Waals surface area contributed by atoms with Gasteiger partial charge in [-0.3, -0.25) is 19.6 Å². The number of aromatic nitrogens is 2. The van der Waals surface area contributed by atoms with Gasteiger partial charge in [0.15, 0.2) is 0 Å². The van der Waals surface area contributed by atoms with Crippen molar-refractivity contribution < 1.29 is 9.72 Å². The number of benzene rings is 1. The Hall–Kier alpha value is -2.74. The molecule has 2 heterocycles. The second-order valence-electron chi connectivity index (χ2n) is 6.16. The molecule has 25 heavy (non-hydrogen) atoms. The van der Waals surface area contributed by atoms with Crippen LogP contribution in [0.3, 0.4) is 0 Å². The van der Waals surface area contributed by atoms with Crippen molar-refractivity contribution in [2.45, 2.75) is 24.8 Å². The molecular weight excluding hydrogens is 322 g/mol. The van der Waals surface area contributed by atoms with Crippen LogP contribution in [0, 0.1) is 10.1 Å². The van der Waals surface area contributed by atoms with Crippen LogP contribution in [0.4, 0.5) is 5.69 Å². The van der Waals surface area contributed by atoms with Crippen molar-refractivity contribution in [2.75, 3.05) is 19.6 Å². The van der Waals surface area contributed by atoms with E-state index in [0.717, 1.165) is 18.7 Å². The first kappa shape index (κ1) is 17.1. The molecule has 2 N–H and O–H groups in total. The number of non-ortho nitro benzene ring substituents is 1. The highest BCUT2D eigenvalue weighted by atomic mass is 16.6. The number of hydrogen-bond acceptors (Lipinski definition) is 5. The molecule has 2 aromatic rings. The van der Waals surface area contributed by atoms with Crippen LogP contribution in [0.5, 0.6) is 0 Å². The third-order valence-electron chi connectivity index (χ3n) is 4.64. The molecule has 1 aliphatic heterocycles. The van der Waals surface area contributed by atoms with Crippen LogP contribution in [0.1, 0.15) is 18.4 Å². The molecule has 132 valence electrons. The smallest absolute Gasteiger partial charge is 0.269 e. The number of rotatable bonds is 6. The fourth-order valence-electron chi connectivity index (χ4n) is 3.19. The van der Waals surface area contributed by atoms with Crippen molar-refractivity contribution in [3.8, 4) is 0 Å². The number of nitro benzene ring substituents is 1. The first-order valence-corrected chi connectivity index (χ1v) is 8.34. The van der Waals surface area contributed by atoms with Gasteiger partial charge in [-0.1, -0.05) is 12.1 Å². The van der Waals surface area contributed by atoms with Crippen molar-refractivity contribution in [3.05, 3.63) is 58.4 Å². The second-order valence-corrected chi connectivity index (χ2v) is 6.16. The summed E-state index contributed by atoms with van der Waals surface area (Å²) in [5.74, 6) is -0.0281. The summed E-state index contributed by atoms with van der Waals surface area (Å²) in [4.78, 5) is 23.1. The summed E-state index contributed by atoms with van der Waals surface area (Å²) in [7, 11) is 0. The molecule has 1 amide bonds. The van der Waals surface area contributed by atoms with Crippen LogP contribution in [0.25, 0.3) is 0 Å². The predicted molar refractivity (Wildman–Crippen MR) is 92.1 cm³/mol. The SMILES string of the molecule is O=C(NCCc1ccc([N+](=O)[O-])cc1)C1(n2cccn2)CCNCC1.